The number of carbonyl (C=O) groups excluding carboxylic acids is 2. The maximum atomic E-state index is 13.4. The normalized spacial score (nSPS) is 15.0. The number of nitrogens with zero attached hydrogens (tertiary/aromatic N) is 1. The van der Waals surface area contributed by atoms with Crippen molar-refractivity contribution in [1.82, 2.24) is 10.2 Å². The lowest BCUT2D eigenvalue weighted by molar-refractivity contribution is -0.143. The lowest BCUT2D eigenvalue weighted by Crippen LogP contribution is -2.52. The Labute approximate surface area is 198 Å². The van der Waals surface area contributed by atoms with E-state index in [2.05, 4.69) is 11.4 Å². The Kier molecular flexibility index (Phi) is 8.93. The summed E-state index contributed by atoms with van der Waals surface area (Å²) in [6.45, 7) is 8.32. The van der Waals surface area contributed by atoms with Crippen molar-refractivity contribution in [3.05, 3.63) is 64.7 Å². The number of benzene rings is 2. The van der Waals surface area contributed by atoms with Crippen molar-refractivity contribution in [3.63, 3.8) is 0 Å². The van der Waals surface area contributed by atoms with Crippen LogP contribution in [0.2, 0.25) is 0 Å². The Balaban J connectivity index is 1.77. The molecule has 0 spiro atoms. The topological polar surface area (TPSA) is 58.6 Å². The molecule has 1 aliphatic carbocycles. The van der Waals surface area contributed by atoms with Crippen molar-refractivity contribution in [1.29, 1.82) is 0 Å². The van der Waals surface area contributed by atoms with Gasteiger partial charge >= 0.3 is 0 Å². The average molecular weight is 451 g/mol. The highest BCUT2D eigenvalue weighted by Gasteiger charge is 2.30. The van der Waals surface area contributed by atoms with Gasteiger partial charge in [-0.2, -0.15) is 0 Å². The fourth-order valence-corrected chi connectivity index (χ4v) is 4.62. The van der Waals surface area contributed by atoms with E-state index in [0.717, 1.165) is 53.7 Å². The second kappa shape index (κ2) is 11.9. The summed E-state index contributed by atoms with van der Waals surface area (Å²) in [7, 11) is 0. The quantitative estimate of drug-likeness (QED) is 0.568. The molecule has 0 unspecified atom stereocenters. The molecular formula is C28H38N2O3. The number of ether oxygens (including phenoxy) is 1. The molecule has 1 saturated carbocycles. The van der Waals surface area contributed by atoms with Crippen LogP contribution < -0.4 is 10.1 Å². The van der Waals surface area contributed by atoms with Crippen molar-refractivity contribution in [3.8, 4) is 5.75 Å². The molecule has 0 bridgehead atoms. The van der Waals surface area contributed by atoms with Gasteiger partial charge in [0.2, 0.25) is 5.91 Å². The van der Waals surface area contributed by atoms with Crippen molar-refractivity contribution >= 4 is 11.8 Å². The molecule has 2 amide bonds. The number of hydrogen-bond acceptors (Lipinski definition) is 3. The zero-order valence-electron chi connectivity index (χ0n) is 20.5. The van der Waals surface area contributed by atoms with Gasteiger partial charge in [0.05, 0.1) is 0 Å². The monoisotopic (exact) mass is 450 g/mol. The van der Waals surface area contributed by atoms with Gasteiger partial charge in [-0.05, 0) is 68.4 Å². The SMILES string of the molecule is CC[C@H](C(=O)NC1CCCCC1)N(Cc1ccccc1)C(=O)COc1cc(C)cc(C)c1C. The van der Waals surface area contributed by atoms with E-state index in [4.69, 9.17) is 4.74 Å². The molecule has 0 saturated heterocycles. The maximum Gasteiger partial charge on any atom is 0.261 e. The molecule has 1 N–H and O–H groups in total. The summed E-state index contributed by atoms with van der Waals surface area (Å²) in [5, 5.41) is 3.22. The standard InChI is InChI=1S/C28H38N2O3/c1-5-25(28(32)29-24-14-10-7-11-15-24)30(18-23-12-8-6-9-13-23)27(31)19-33-26-17-20(2)16-21(3)22(26)4/h6,8-9,12-13,16-17,24-25H,5,7,10-11,14-15,18-19H2,1-4H3,(H,29,32)/t25-/m1/s1. The minimum Gasteiger partial charge on any atom is -0.483 e. The third-order valence-corrected chi connectivity index (χ3v) is 6.65. The molecule has 0 heterocycles. The van der Waals surface area contributed by atoms with E-state index in [-0.39, 0.29) is 24.5 Å². The summed E-state index contributed by atoms with van der Waals surface area (Å²) < 4.78 is 5.98. The third-order valence-electron chi connectivity index (χ3n) is 6.65. The highest BCUT2D eigenvalue weighted by Crippen LogP contribution is 2.24. The largest absolute Gasteiger partial charge is 0.483 e. The van der Waals surface area contributed by atoms with E-state index in [1.165, 1.54) is 6.42 Å². The van der Waals surface area contributed by atoms with Gasteiger partial charge in [-0.1, -0.05) is 62.6 Å². The number of carbonyl (C=O) groups is 2. The summed E-state index contributed by atoms with van der Waals surface area (Å²) in [6, 6.07) is 13.6. The zero-order valence-corrected chi connectivity index (χ0v) is 20.5. The molecule has 5 heteroatoms. The summed E-state index contributed by atoms with van der Waals surface area (Å²) in [5.41, 5.74) is 4.26. The second-order valence-electron chi connectivity index (χ2n) is 9.27. The molecule has 2 aromatic carbocycles. The van der Waals surface area contributed by atoms with E-state index in [0.29, 0.717) is 13.0 Å². The smallest absolute Gasteiger partial charge is 0.261 e. The molecule has 0 aromatic heterocycles. The highest BCUT2D eigenvalue weighted by molar-refractivity contribution is 5.88. The molecule has 178 valence electrons. The van der Waals surface area contributed by atoms with E-state index in [1.807, 2.05) is 64.1 Å². The van der Waals surface area contributed by atoms with Crippen LogP contribution in [0.4, 0.5) is 0 Å². The fraction of sp³-hybridized carbons (Fsp3) is 0.500. The molecule has 3 rings (SSSR count). The summed E-state index contributed by atoms with van der Waals surface area (Å²) >= 11 is 0. The van der Waals surface area contributed by atoms with Crippen molar-refractivity contribution < 1.29 is 14.3 Å². The molecule has 0 aliphatic heterocycles. The van der Waals surface area contributed by atoms with Gasteiger partial charge in [0.15, 0.2) is 6.61 Å². The molecular weight excluding hydrogens is 412 g/mol. The minimum absolute atomic E-state index is 0.0590. The van der Waals surface area contributed by atoms with Crippen LogP contribution in [0.25, 0.3) is 0 Å². The van der Waals surface area contributed by atoms with Crippen LogP contribution in [-0.2, 0) is 16.1 Å². The number of nitrogens with one attached hydrogen (secondary N) is 1. The van der Waals surface area contributed by atoms with E-state index >= 15 is 0 Å². The van der Waals surface area contributed by atoms with Crippen molar-refractivity contribution in [2.45, 2.75) is 84.8 Å². The van der Waals surface area contributed by atoms with Crippen molar-refractivity contribution in [2.24, 2.45) is 0 Å². The summed E-state index contributed by atoms with van der Waals surface area (Å²) in [5.74, 6) is 0.486. The Morgan fingerprint density at radius 3 is 2.42 bits per heavy atom. The zero-order chi connectivity index (χ0) is 23.8. The van der Waals surface area contributed by atoms with Gasteiger partial charge < -0.3 is 15.0 Å². The van der Waals surface area contributed by atoms with E-state index in [9.17, 15) is 9.59 Å². The van der Waals surface area contributed by atoms with Crippen LogP contribution >= 0.6 is 0 Å². The lowest BCUT2D eigenvalue weighted by atomic mass is 9.95. The molecule has 1 aliphatic rings. The number of aryl methyl sites for hydroxylation is 2. The highest BCUT2D eigenvalue weighted by atomic mass is 16.5. The Morgan fingerprint density at radius 1 is 1.06 bits per heavy atom. The van der Waals surface area contributed by atoms with Crippen LogP contribution in [-0.4, -0.2) is 35.4 Å². The van der Waals surface area contributed by atoms with Gasteiger partial charge in [-0.15, -0.1) is 0 Å². The lowest BCUT2D eigenvalue weighted by Gasteiger charge is -2.32. The first-order valence-corrected chi connectivity index (χ1v) is 12.2. The number of rotatable bonds is 9. The summed E-state index contributed by atoms with van der Waals surface area (Å²) in [6.07, 6.45) is 6.12. The molecule has 2 aromatic rings. The third kappa shape index (κ3) is 6.83. The first-order valence-electron chi connectivity index (χ1n) is 12.2. The maximum absolute atomic E-state index is 13.4. The van der Waals surface area contributed by atoms with Gasteiger partial charge in [0.25, 0.3) is 5.91 Å². The predicted molar refractivity (Wildman–Crippen MR) is 132 cm³/mol. The average Bonchev–Trinajstić information content (AvgIpc) is 2.81. The van der Waals surface area contributed by atoms with Crippen molar-refractivity contribution in [2.75, 3.05) is 6.61 Å². The fourth-order valence-electron chi connectivity index (χ4n) is 4.62. The molecule has 1 atom stereocenters. The minimum atomic E-state index is -0.524. The van der Waals surface area contributed by atoms with Crippen LogP contribution in [0.3, 0.4) is 0 Å². The van der Waals surface area contributed by atoms with Gasteiger partial charge in [-0.25, -0.2) is 0 Å². The van der Waals surface area contributed by atoms with Gasteiger partial charge in [-0.3, -0.25) is 9.59 Å². The molecule has 0 radical (unpaired) electrons. The van der Waals surface area contributed by atoms with Gasteiger partial charge in [0.1, 0.15) is 11.8 Å². The van der Waals surface area contributed by atoms with Crippen LogP contribution in [0.15, 0.2) is 42.5 Å². The van der Waals surface area contributed by atoms with E-state index < -0.39 is 6.04 Å². The predicted octanol–water partition coefficient (Wildman–Crippen LogP) is 5.25. The Hall–Kier alpha value is -2.82. The van der Waals surface area contributed by atoms with Crippen LogP contribution in [0, 0.1) is 20.8 Å². The first kappa shape index (κ1) is 24.8. The molecule has 5 nitrogen and oxygen atoms in total. The number of amides is 2. The molecule has 33 heavy (non-hydrogen) atoms. The second-order valence-corrected chi connectivity index (χ2v) is 9.27. The first-order chi connectivity index (χ1) is 15.9. The Morgan fingerprint density at radius 2 is 1.76 bits per heavy atom. The summed E-state index contributed by atoms with van der Waals surface area (Å²) in [4.78, 5) is 28.4. The Bertz CT molecular complexity index is 936. The van der Waals surface area contributed by atoms with Gasteiger partial charge in [0, 0.05) is 12.6 Å². The number of hydrogen-bond donors (Lipinski definition) is 1. The van der Waals surface area contributed by atoms with Crippen LogP contribution in [0.5, 0.6) is 5.75 Å². The molecule has 1 fully saturated rings. The van der Waals surface area contributed by atoms with E-state index in [1.54, 1.807) is 4.90 Å². The van der Waals surface area contributed by atoms with Crippen LogP contribution in [0.1, 0.15) is 67.7 Å².